The van der Waals surface area contributed by atoms with Crippen molar-refractivity contribution in [2.45, 2.75) is 13.0 Å². The minimum Gasteiger partial charge on any atom is -0.376 e. The minimum absolute atomic E-state index is 0.563. The maximum atomic E-state index is 5.47. The van der Waals surface area contributed by atoms with Gasteiger partial charge in [0.15, 0.2) is 0 Å². The Hall–Kier alpha value is -2.04. The van der Waals surface area contributed by atoms with Crippen molar-refractivity contribution in [2.24, 2.45) is 0 Å². The standard InChI is InChI=1S/C17H14N2OS/c21-17-14-10-20-9-8-15(14)18-16(19-17)13-7-3-5-11-4-1-2-6-12(11)13/h1-7H,8-10H2,(H,18,19,21). The minimum atomic E-state index is 0.563. The molecule has 0 spiro atoms. The summed E-state index contributed by atoms with van der Waals surface area (Å²) in [4.78, 5) is 8.04. The van der Waals surface area contributed by atoms with E-state index in [0.717, 1.165) is 35.7 Å². The fourth-order valence-corrected chi connectivity index (χ4v) is 3.09. The van der Waals surface area contributed by atoms with E-state index in [9.17, 15) is 0 Å². The number of fused-ring (bicyclic) bond motifs is 2. The largest absolute Gasteiger partial charge is 0.376 e. The van der Waals surface area contributed by atoms with E-state index in [1.54, 1.807) is 0 Å². The first-order chi connectivity index (χ1) is 10.3. The number of ether oxygens (including phenoxy) is 1. The molecule has 0 atom stereocenters. The van der Waals surface area contributed by atoms with Crippen LogP contribution >= 0.6 is 12.2 Å². The highest BCUT2D eigenvalue weighted by Gasteiger charge is 2.15. The molecule has 4 rings (SSSR count). The number of hydrogen-bond donors (Lipinski definition) is 1. The number of aromatic amines is 1. The van der Waals surface area contributed by atoms with Gasteiger partial charge in [0, 0.05) is 23.2 Å². The molecule has 0 bridgehead atoms. The summed E-state index contributed by atoms with van der Waals surface area (Å²) in [5.41, 5.74) is 3.28. The molecule has 104 valence electrons. The van der Waals surface area contributed by atoms with Crippen LogP contribution in [0.25, 0.3) is 22.2 Å². The molecule has 0 unspecified atom stereocenters. The second-order valence-electron chi connectivity index (χ2n) is 5.18. The normalized spacial score (nSPS) is 14.1. The lowest BCUT2D eigenvalue weighted by atomic mass is 10.0. The van der Waals surface area contributed by atoms with E-state index < -0.39 is 0 Å². The van der Waals surface area contributed by atoms with Gasteiger partial charge in [0.1, 0.15) is 10.5 Å². The highest BCUT2D eigenvalue weighted by molar-refractivity contribution is 7.71. The number of nitrogens with one attached hydrogen (secondary N) is 1. The van der Waals surface area contributed by atoms with Crippen molar-refractivity contribution >= 4 is 23.0 Å². The second kappa shape index (κ2) is 5.06. The molecule has 0 radical (unpaired) electrons. The molecule has 21 heavy (non-hydrogen) atoms. The fourth-order valence-electron chi connectivity index (χ4n) is 2.81. The summed E-state index contributed by atoms with van der Waals surface area (Å²) < 4.78 is 6.11. The monoisotopic (exact) mass is 294 g/mol. The quantitative estimate of drug-likeness (QED) is 0.689. The van der Waals surface area contributed by atoms with Gasteiger partial charge in [-0.05, 0) is 10.8 Å². The van der Waals surface area contributed by atoms with Crippen molar-refractivity contribution in [3.63, 3.8) is 0 Å². The molecule has 3 aromatic rings. The molecule has 1 aliphatic heterocycles. The summed E-state index contributed by atoms with van der Waals surface area (Å²) >= 11 is 5.44. The van der Waals surface area contributed by atoms with Crippen molar-refractivity contribution in [3.05, 3.63) is 58.4 Å². The van der Waals surface area contributed by atoms with Crippen LogP contribution in [0.2, 0.25) is 0 Å². The SMILES string of the molecule is S=c1nc(-c2cccc3ccccc23)[nH]c2c1COCC2. The Morgan fingerprint density at radius 2 is 1.95 bits per heavy atom. The zero-order valence-corrected chi connectivity index (χ0v) is 12.2. The topological polar surface area (TPSA) is 37.9 Å². The zero-order chi connectivity index (χ0) is 14.2. The van der Waals surface area contributed by atoms with E-state index in [1.165, 1.54) is 10.8 Å². The Morgan fingerprint density at radius 1 is 1.10 bits per heavy atom. The van der Waals surface area contributed by atoms with Gasteiger partial charge in [-0.2, -0.15) is 0 Å². The Labute approximate surface area is 127 Å². The van der Waals surface area contributed by atoms with Gasteiger partial charge in [-0.25, -0.2) is 4.98 Å². The first kappa shape index (κ1) is 12.7. The number of benzene rings is 2. The number of hydrogen-bond acceptors (Lipinski definition) is 3. The van der Waals surface area contributed by atoms with Gasteiger partial charge >= 0.3 is 0 Å². The molecule has 4 heteroatoms. The van der Waals surface area contributed by atoms with Gasteiger partial charge in [-0.3, -0.25) is 0 Å². The summed E-state index contributed by atoms with van der Waals surface area (Å²) in [7, 11) is 0. The Morgan fingerprint density at radius 3 is 2.90 bits per heavy atom. The predicted molar refractivity (Wildman–Crippen MR) is 85.7 cm³/mol. The molecular weight excluding hydrogens is 280 g/mol. The van der Waals surface area contributed by atoms with Gasteiger partial charge < -0.3 is 9.72 Å². The van der Waals surface area contributed by atoms with Gasteiger partial charge in [-0.1, -0.05) is 54.7 Å². The Kier molecular flexibility index (Phi) is 3.05. The first-order valence-corrected chi connectivity index (χ1v) is 7.42. The molecule has 0 amide bonds. The molecule has 1 aromatic heterocycles. The van der Waals surface area contributed by atoms with Gasteiger partial charge in [0.2, 0.25) is 0 Å². The fraction of sp³-hybridized carbons (Fsp3) is 0.176. The van der Waals surface area contributed by atoms with Crippen molar-refractivity contribution in [1.29, 1.82) is 0 Å². The van der Waals surface area contributed by atoms with Gasteiger partial charge in [0.25, 0.3) is 0 Å². The predicted octanol–water partition coefficient (Wildman–Crippen LogP) is 4.03. The Balaban J connectivity index is 1.97. The number of aromatic nitrogens is 2. The van der Waals surface area contributed by atoms with Crippen LogP contribution in [0.1, 0.15) is 11.3 Å². The highest BCUT2D eigenvalue weighted by Crippen LogP contribution is 2.27. The zero-order valence-electron chi connectivity index (χ0n) is 11.4. The maximum absolute atomic E-state index is 5.47. The third-order valence-electron chi connectivity index (χ3n) is 3.89. The smallest absolute Gasteiger partial charge is 0.139 e. The van der Waals surface area contributed by atoms with Crippen LogP contribution in [0, 0.1) is 4.64 Å². The summed E-state index contributed by atoms with van der Waals surface area (Å²) in [5.74, 6) is 0.845. The van der Waals surface area contributed by atoms with Gasteiger partial charge in [-0.15, -0.1) is 0 Å². The molecule has 3 nitrogen and oxygen atoms in total. The second-order valence-corrected chi connectivity index (χ2v) is 5.56. The molecule has 0 aliphatic carbocycles. The molecular formula is C17H14N2OS. The van der Waals surface area contributed by atoms with Crippen LogP contribution in [0.3, 0.4) is 0 Å². The molecule has 0 saturated heterocycles. The first-order valence-electron chi connectivity index (χ1n) is 7.01. The lowest BCUT2D eigenvalue weighted by molar-refractivity contribution is 0.108. The van der Waals surface area contributed by atoms with Gasteiger partial charge in [0.05, 0.1) is 13.2 Å². The third kappa shape index (κ3) is 2.17. The van der Waals surface area contributed by atoms with Crippen LogP contribution in [-0.4, -0.2) is 16.6 Å². The van der Waals surface area contributed by atoms with Crippen LogP contribution in [0.5, 0.6) is 0 Å². The average molecular weight is 294 g/mol. The lowest BCUT2D eigenvalue weighted by Crippen LogP contribution is -2.14. The van der Waals surface area contributed by atoms with Crippen LogP contribution < -0.4 is 0 Å². The van der Waals surface area contributed by atoms with Crippen LogP contribution in [0.15, 0.2) is 42.5 Å². The molecule has 2 heterocycles. The van der Waals surface area contributed by atoms with Crippen molar-refractivity contribution in [1.82, 2.24) is 9.97 Å². The summed E-state index contributed by atoms with van der Waals surface area (Å²) in [6.07, 6.45) is 0.860. The highest BCUT2D eigenvalue weighted by atomic mass is 32.1. The number of nitrogens with zero attached hydrogens (tertiary/aromatic N) is 1. The third-order valence-corrected chi connectivity index (χ3v) is 4.23. The van der Waals surface area contributed by atoms with Crippen molar-refractivity contribution < 1.29 is 4.74 Å². The van der Waals surface area contributed by atoms with E-state index in [4.69, 9.17) is 17.0 Å². The Bertz CT molecular complexity index is 880. The van der Waals surface area contributed by atoms with Crippen LogP contribution in [-0.2, 0) is 17.8 Å². The number of H-pyrrole nitrogens is 1. The summed E-state index contributed by atoms with van der Waals surface area (Å²) in [6, 6.07) is 14.6. The average Bonchev–Trinajstić information content (AvgIpc) is 2.54. The maximum Gasteiger partial charge on any atom is 0.139 e. The molecule has 2 aromatic carbocycles. The molecule has 1 N–H and O–H groups in total. The molecule has 0 fully saturated rings. The summed E-state index contributed by atoms with van der Waals surface area (Å²) in [6.45, 7) is 1.30. The van der Waals surface area contributed by atoms with E-state index in [0.29, 0.717) is 11.2 Å². The van der Waals surface area contributed by atoms with Crippen LogP contribution in [0.4, 0.5) is 0 Å². The lowest BCUT2D eigenvalue weighted by Gasteiger charge is -2.17. The molecule has 1 aliphatic rings. The number of rotatable bonds is 1. The van der Waals surface area contributed by atoms with Crippen molar-refractivity contribution in [2.75, 3.05) is 6.61 Å². The van der Waals surface area contributed by atoms with E-state index >= 15 is 0 Å². The summed E-state index contributed by atoms with van der Waals surface area (Å²) in [5, 5.41) is 2.39. The van der Waals surface area contributed by atoms with E-state index in [2.05, 4.69) is 40.3 Å². The van der Waals surface area contributed by atoms with E-state index in [1.807, 2.05) is 12.1 Å². The van der Waals surface area contributed by atoms with E-state index in [-0.39, 0.29) is 0 Å². The van der Waals surface area contributed by atoms with Crippen molar-refractivity contribution in [3.8, 4) is 11.4 Å². The molecule has 0 saturated carbocycles.